The van der Waals surface area contributed by atoms with Crippen LogP contribution in [0.3, 0.4) is 0 Å². The summed E-state index contributed by atoms with van der Waals surface area (Å²) in [7, 11) is 1.63. The molecular weight excluding hydrogens is 204 g/mol. The highest BCUT2D eigenvalue weighted by molar-refractivity contribution is 6.16. The molecule has 1 atom stereocenters. The number of hydrogen-bond acceptors (Lipinski definition) is 4. The maximum Gasteiger partial charge on any atom is 0.233 e. The second-order valence-corrected chi connectivity index (χ2v) is 3.15. The van der Waals surface area contributed by atoms with Crippen molar-refractivity contribution in [2.75, 3.05) is 13.7 Å². The fraction of sp³-hybridized carbons (Fsp3) is 0.556. The maximum absolute atomic E-state index is 5.57. The second-order valence-electron chi connectivity index (χ2n) is 2.88. The Kier molecular flexibility index (Phi) is 4.62. The Hall–Kier alpha value is -0.870. The van der Waals surface area contributed by atoms with Crippen molar-refractivity contribution in [1.82, 2.24) is 10.2 Å². The van der Waals surface area contributed by atoms with E-state index in [1.54, 1.807) is 19.2 Å². The number of nitrogens with zero attached hydrogens (tertiary/aromatic N) is 2. The first kappa shape index (κ1) is 11.2. The lowest BCUT2D eigenvalue weighted by molar-refractivity contribution is 0.0882. The third-order valence-electron chi connectivity index (χ3n) is 1.56. The quantitative estimate of drug-likeness (QED) is 0.702. The van der Waals surface area contributed by atoms with Gasteiger partial charge in [-0.2, -0.15) is 5.10 Å². The van der Waals surface area contributed by atoms with Crippen LogP contribution in [0.2, 0.25) is 0 Å². The van der Waals surface area contributed by atoms with E-state index in [0.717, 1.165) is 5.69 Å². The molecule has 1 unspecified atom stereocenters. The van der Waals surface area contributed by atoms with Gasteiger partial charge in [-0.15, -0.1) is 16.7 Å². The van der Waals surface area contributed by atoms with Crippen LogP contribution in [0.1, 0.15) is 12.6 Å². The van der Waals surface area contributed by atoms with Crippen molar-refractivity contribution >= 4 is 11.6 Å². The average Bonchev–Trinajstić information content (AvgIpc) is 2.19. The fourth-order valence-electron chi connectivity index (χ4n) is 0.957. The molecule has 0 amide bonds. The SMILES string of the molecule is COCC(C)Oc1ccc(CCl)nn1. The van der Waals surface area contributed by atoms with Gasteiger partial charge in [0.2, 0.25) is 5.88 Å². The lowest BCUT2D eigenvalue weighted by Crippen LogP contribution is -2.18. The molecule has 0 aliphatic rings. The van der Waals surface area contributed by atoms with Crippen molar-refractivity contribution in [2.24, 2.45) is 0 Å². The van der Waals surface area contributed by atoms with Gasteiger partial charge in [0.15, 0.2) is 0 Å². The third-order valence-corrected chi connectivity index (χ3v) is 1.83. The highest BCUT2D eigenvalue weighted by Gasteiger charge is 2.04. The molecule has 4 nitrogen and oxygen atoms in total. The molecular formula is C9H13ClN2O2. The first-order chi connectivity index (χ1) is 6.76. The van der Waals surface area contributed by atoms with E-state index in [-0.39, 0.29) is 6.10 Å². The summed E-state index contributed by atoms with van der Waals surface area (Å²) in [5.74, 6) is 0.851. The van der Waals surface area contributed by atoms with Crippen molar-refractivity contribution in [3.05, 3.63) is 17.8 Å². The molecule has 0 saturated carbocycles. The van der Waals surface area contributed by atoms with Crippen molar-refractivity contribution in [1.29, 1.82) is 0 Å². The molecule has 14 heavy (non-hydrogen) atoms. The summed E-state index contributed by atoms with van der Waals surface area (Å²) in [5, 5.41) is 7.72. The highest BCUT2D eigenvalue weighted by atomic mass is 35.5. The summed E-state index contributed by atoms with van der Waals surface area (Å²) < 4.78 is 10.3. The van der Waals surface area contributed by atoms with Gasteiger partial charge >= 0.3 is 0 Å². The lowest BCUT2D eigenvalue weighted by Gasteiger charge is -2.11. The van der Waals surface area contributed by atoms with Gasteiger partial charge in [0.1, 0.15) is 6.10 Å². The molecule has 1 heterocycles. The Morgan fingerprint density at radius 2 is 2.21 bits per heavy atom. The lowest BCUT2D eigenvalue weighted by atomic mass is 10.4. The Morgan fingerprint density at radius 1 is 1.43 bits per heavy atom. The average molecular weight is 217 g/mol. The topological polar surface area (TPSA) is 44.2 Å². The van der Waals surface area contributed by atoms with Gasteiger partial charge in [-0.25, -0.2) is 0 Å². The number of alkyl halides is 1. The molecule has 0 bridgehead atoms. The Morgan fingerprint density at radius 3 is 2.71 bits per heavy atom. The normalized spacial score (nSPS) is 12.5. The van der Waals surface area contributed by atoms with Gasteiger partial charge in [0.25, 0.3) is 0 Å². The van der Waals surface area contributed by atoms with Crippen LogP contribution in [-0.2, 0) is 10.6 Å². The molecule has 5 heteroatoms. The summed E-state index contributed by atoms with van der Waals surface area (Å²) in [6, 6.07) is 3.53. The number of ether oxygens (including phenoxy) is 2. The number of methoxy groups -OCH3 is 1. The van der Waals surface area contributed by atoms with Gasteiger partial charge in [-0.3, -0.25) is 0 Å². The number of rotatable bonds is 5. The summed E-state index contributed by atoms with van der Waals surface area (Å²) >= 11 is 5.57. The summed E-state index contributed by atoms with van der Waals surface area (Å²) in [6.45, 7) is 2.43. The molecule has 1 rings (SSSR count). The number of halogens is 1. The largest absolute Gasteiger partial charge is 0.471 e. The minimum Gasteiger partial charge on any atom is -0.471 e. The smallest absolute Gasteiger partial charge is 0.233 e. The van der Waals surface area contributed by atoms with E-state index >= 15 is 0 Å². The summed E-state index contributed by atoms with van der Waals surface area (Å²) in [5.41, 5.74) is 0.735. The second kappa shape index (κ2) is 5.78. The van der Waals surface area contributed by atoms with Crippen LogP contribution in [0.15, 0.2) is 12.1 Å². The molecule has 1 aromatic heterocycles. The Balaban J connectivity index is 2.50. The molecule has 0 saturated heterocycles. The van der Waals surface area contributed by atoms with Crippen LogP contribution >= 0.6 is 11.6 Å². The minimum atomic E-state index is -0.0313. The van der Waals surface area contributed by atoms with Crippen LogP contribution in [-0.4, -0.2) is 30.0 Å². The van der Waals surface area contributed by atoms with E-state index in [0.29, 0.717) is 18.4 Å². The molecule has 0 aromatic carbocycles. The molecule has 0 fully saturated rings. The predicted octanol–water partition coefficient (Wildman–Crippen LogP) is 1.63. The molecule has 0 spiro atoms. The van der Waals surface area contributed by atoms with E-state index in [2.05, 4.69) is 10.2 Å². The van der Waals surface area contributed by atoms with Crippen LogP contribution < -0.4 is 4.74 Å². The van der Waals surface area contributed by atoms with E-state index in [9.17, 15) is 0 Å². The van der Waals surface area contributed by atoms with Gasteiger partial charge in [-0.1, -0.05) is 0 Å². The standard InChI is InChI=1S/C9H13ClN2O2/c1-7(6-13-2)14-9-4-3-8(5-10)11-12-9/h3-4,7H,5-6H2,1-2H3. The predicted molar refractivity (Wildman–Crippen MR) is 53.6 cm³/mol. The van der Waals surface area contributed by atoms with E-state index < -0.39 is 0 Å². The van der Waals surface area contributed by atoms with Gasteiger partial charge in [0.05, 0.1) is 18.2 Å². The van der Waals surface area contributed by atoms with E-state index in [1.165, 1.54) is 0 Å². The van der Waals surface area contributed by atoms with Crippen molar-refractivity contribution in [2.45, 2.75) is 18.9 Å². The first-order valence-electron chi connectivity index (χ1n) is 4.30. The third kappa shape index (κ3) is 3.47. The van der Waals surface area contributed by atoms with Crippen molar-refractivity contribution in [3.63, 3.8) is 0 Å². The molecule has 0 aliphatic carbocycles. The zero-order valence-electron chi connectivity index (χ0n) is 8.24. The zero-order valence-corrected chi connectivity index (χ0v) is 8.99. The summed E-state index contributed by atoms with van der Waals surface area (Å²) in [4.78, 5) is 0. The maximum atomic E-state index is 5.57. The molecule has 1 aromatic rings. The first-order valence-corrected chi connectivity index (χ1v) is 4.84. The monoisotopic (exact) mass is 216 g/mol. The van der Waals surface area contributed by atoms with E-state index in [4.69, 9.17) is 21.1 Å². The van der Waals surface area contributed by atoms with Crippen LogP contribution in [0, 0.1) is 0 Å². The van der Waals surface area contributed by atoms with E-state index in [1.807, 2.05) is 6.92 Å². The van der Waals surface area contributed by atoms with Crippen LogP contribution in [0.25, 0.3) is 0 Å². The molecule has 0 N–H and O–H groups in total. The molecule has 0 radical (unpaired) electrons. The van der Waals surface area contributed by atoms with Crippen LogP contribution in [0.5, 0.6) is 5.88 Å². The van der Waals surface area contributed by atoms with Gasteiger partial charge < -0.3 is 9.47 Å². The summed E-state index contributed by atoms with van der Waals surface area (Å²) in [6.07, 6.45) is -0.0313. The minimum absolute atomic E-state index is 0.0313. The van der Waals surface area contributed by atoms with Gasteiger partial charge in [0, 0.05) is 13.2 Å². The molecule has 0 aliphatic heterocycles. The Labute approximate surface area is 88.2 Å². The number of hydrogen-bond donors (Lipinski definition) is 0. The molecule has 78 valence electrons. The zero-order chi connectivity index (χ0) is 10.4. The van der Waals surface area contributed by atoms with Gasteiger partial charge in [-0.05, 0) is 13.0 Å². The van der Waals surface area contributed by atoms with Crippen molar-refractivity contribution < 1.29 is 9.47 Å². The number of aromatic nitrogens is 2. The fourth-order valence-corrected chi connectivity index (χ4v) is 1.10. The van der Waals surface area contributed by atoms with Crippen LogP contribution in [0.4, 0.5) is 0 Å². The van der Waals surface area contributed by atoms with Crippen molar-refractivity contribution in [3.8, 4) is 5.88 Å². The Bertz CT molecular complexity index is 266. The highest BCUT2D eigenvalue weighted by Crippen LogP contribution is 2.08.